The van der Waals surface area contributed by atoms with Gasteiger partial charge in [0.15, 0.2) is 0 Å². The molecule has 174 valence electrons. The van der Waals surface area contributed by atoms with Gasteiger partial charge in [-0.05, 0) is 24.6 Å². The van der Waals surface area contributed by atoms with Crippen LogP contribution in [-0.4, -0.2) is 41.9 Å². The third-order valence-corrected chi connectivity index (χ3v) is 5.61. The van der Waals surface area contributed by atoms with Crippen molar-refractivity contribution >= 4 is 5.97 Å². The van der Waals surface area contributed by atoms with E-state index in [0.29, 0.717) is 28.5 Å². The number of aryl methyl sites for hydroxylation is 1. The van der Waals surface area contributed by atoms with E-state index < -0.39 is 11.9 Å². The van der Waals surface area contributed by atoms with Gasteiger partial charge in [0.05, 0.1) is 24.3 Å². The lowest BCUT2D eigenvalue weighted by atomic mass is 9.83. The average Bonchev–Trinajstić information content (AvgIpc) is 3.49. The van der Waals surface area contributed by atoms with Crippen LogP contribution in [0, 0.1) is 11.3 Å². The number of carbonyl (C=O) groups excluding carboxylic acids is 1. The Hall–Kier alpha value is -4.98. The zero-order valence-corrected chi connectivity index (χ0v) is 18.9. The number of esters is 1. The number of nitrogens with two attached hydrogens (primary N) is 1. The standard InChI is InChI=1S/C24H20N8O3/c1-3-34-24(33)22-29-10-11-32(22)15-6-4-14(5-7-15)18-16(12-25)21(26)35-23-19(18)20(30-31(23)2)17-13-27-8-9-28-17/h4-11,13,18H,3,26H2,1-2H3. The fourth-order valence-electron chi connectivity index (χ4n) is 4.10. The lowest BCUT2D eigenvalue weighted by Crippen LogP contribution is -2.22. The van der Waals surface area contributed by atoms with Gasteiger partial charge in [-0.1, -0.05) is 12.1 Å². The first kappa shape index (κ1) is 21.8. The minimum Gasteiger partial charge on any atom is -0.460 e. The maximum atomic E-state index is 12.2. The highest BCUT2D eigenvalue weighted by atomic mass is 16.5. The largest absolute Gasteiger partial charge is 0.460 e. The molecule has 0 saturated carbocycles. The molecule has 35 heavy (non-hydrogen) atoms. The second kappa shape index (κ2) is 8.75. The Balaban J connectivity index is 1.61. The Bertz CT molecular complexity index is 1480. The zero-order valence-electron chi connectivity index (χ0n) is 18.9. The molecular formula is C24H20N8O3. The van der Waals surface area contributed by atoms with Crippen LogP contribution < -0.4 is 10.5 Å². The van der Waals surface area contributed by atoms with Gasteiger partial charge < -0.3 is 15.2 Å². The van der Waals surface area contributed by atoms with Crippen molar-refractivity contribution < 1.29 is 14.3 Å². The summed E-state index contributed by atoms with van der Waals surface area (Å²) in [5.74, 6) is -0.442. The average molecular weight is 468 g/mol. The molecule has 4 aromatic rings. The van der Waals surface area contributed by atoms with E-state index in [1.807, 2.05) is 24.3 Å². The number of benzene rings is 1. The topological polar surface area (TPSA) is 147 Å². The van der Waals surface area contributed by atoms with Crippen molar-refractivity contribution in [2.75, 3.05) is 6.61 Å². The number of fused-ring (bicyclic) bond motifs is 1. The van der Waals surface area contributed by atoms with Gasteiger partial charge in [0.25, 0.3) is 0 Å². The number of carbonyl (C=O) groups is 1. The summed E-state index contributed by atoms with van der Waals surface area (Å²) in [5.41, 5.74) is 9.65. The number of hydrogen-bond acceptors (Lipinski definition) is 9. The number of allylic oxidation sites excluding steroid dienone is 1. The minimum atomic E-state index is -0.546. The van der Waals surface area contributed by atoms with Crippen LogP contribution in [0.1, 0.15) is 34.6 Å². The molecule has 1 unspecified atom stereocenters. The van der Waals surface area contributed by atoms with Crippen molar-refractivity contribution in [3.8, 4) is 29.0 Å². The highest BCUT2D eigenvalue weighted by Gasteiger charge is 2.37. The van der Waals surface area contributed by atoms with Gasteiger partial charge in [-0.3, -0.25) is 14.5 Å². The van der Waals surface area contributed by atoms with Crippen LogP contribution >= 0.6 is 0 Å². The molecule has 4 heterocycles. The summed E-state index contributed by atoms with van der Waals surface area (Å²) in [6, 6.07) is 9.58. The lowest BCUT2D eigenvalue weighted by molar-refractivity contribution is 0.0510. The van der Waals surface area contributed by atoms with E-state index in [2.05, 4.69) is 26.1 Å². The molecule has 0 fully saturated rings. The second-order valence-corrected chi connectivity index (χ2v) is 7.64. The van der Waals surface area contributed by atoms with Gasteiger partial charge in [-0.15, -0.1) is 0 Å². The summed E-state index contributed by atoms with van der Waals surface area (Å²) in [6.07, 6.45) is 7.97. The molecule has 11 nitrogen and oxygen atoms in total. The van der Waals surface area contributed by atoms with Gasteiger partial charge in [-0.2, -0.15) is 10.4 Å². The molecule has 5 rings (SSSR count). The Morgan fingerprint density at radius 3 is 2.71 bits per heavy atom. The summed E-state index contributed by atoms with van der Waals surface area (Å²) in [5, 5.41) is 14.5. The molecule has 0 radical (unpaired) electrons. The monoisotopic (exact) mass is 468 g/mol. The number of rotatable bonds is 5. The van der Waals surface area contributed by atoms with Crippen LogP contribution in [0.5, 0.6) is 5.88 Å². The van der Waals surface area contributed by atoms with Crippen LogP contribution in [0.25, 0.3) is 17.1 Å². The van der Waals surface area contributed by atoms with E-state index in [4.69, 9.17) is 15.2 Å². The first-order valence-electron chi connectivity index (χ1n) is 10.7. The first-order chi connectivity index (χ1) is 17.0. The van der Waals surface area contributed by atoms with E-state index in [-0.39, 0.29) is 23.9 Å². The van der Waals surface area contributed by atoms with Crippen LogP contribution in [0.2, 0.25) is 0 Å². The number of nitrogens with zero attached hydrogens (tertiary/aromatic N) is 7. The van der Waals surface area contributed by atoms with Crippen molar-refractivity contribution in [1.29, 1.82) is 5.26 Å². The summed E-state index contributed by atoms with van der Waals surface area (Å²) >= 11 is 0. The lowest BCUT2D eigenvalue weighted by Gasteiger charge is -2.25. The molecule has 0 amide bonds. The van der Waals surface area contributed by atoms with Crippen molar-refractivity contribution in [2.45, 2.75) is 12.8 Å². The van der Waals surface area contributed by atoms with Crippen LogP contribution in [0.15, 0.2) is 66.7 Å². The Morgan fingerprint density at radius 1 is 1.23 bits per heavy atom. The quantitative estimate of drug-likeness (QED) is 0.436. The molecule has 1 aliphatic heterocycles. The molecule has 1 aliphatic rings. The van der Waals surface area contributed by atoms with Crippen molar-refractivity contribution in [1.82, 2.24) is 29.3 Å². The Labute approximate surface area is 200 Å². The van der Waals surface area contributed by atoms with Gasteiger partial charge in [0.1, 0.15) is 23.0 Å². The third-order valence-electron chi connectivity index (χ3n) is 5.61. The molecule has 0 saturated heterocycles. The predicted octanol–water partition coefficient (Wildman–Crippen LogP) is 2.46. The molecule has 11 heteroatoms. The van der Waals surface area contributed by atoms with Gasteiger partial charge >= 0.3 is 5.97 Å². The third kappa shape index (κ3) is 3.67. The molecular weight excluding hydrogens is 448 g/mol. The highest BCUT2D eigenvalue weighted by Crippen LogP contribution is 2.46. The molecule has 1 aromatic carbocycles. The number of hydrogen-bond donors (Lipinski definition) is 1. The summed E-state index contributed by atoms with van der Waals surface area (Å²) in [7, 11) is 1.74. The molecule has 3 aromatic heterocycles. The van der Waals surface area contributed by atoms with Gasteiger partial charge in [0, 0.05) is 37.5 Å². The number of aromatic nitrogens is 6. The molecule has 0 aliphatic carbocycles. The van der Waals surface area contributed by atoms with Crippen molar-refractivity contribution in [3.05, 3.63) is 83.7 Å². The van der Waals surface area contributed by atoms with Crippen LogP contribution in [-0.2, 0) is 11.8 Å². The van der Waals surface area contributed by atoms with Crippen molar-refractivity contribution in [3.63, 3.8) is 0 Å². The number of imidazole rings is 1. The minimum absolute atomic E-state index is 0.0157. The van der Waals surface area contributed by atoms with Gasteiger partial charge in [-0.25, -0.2) is 14.5 Å². The fraction of sp³-hybridized carbons (Fsp3) is 0.167. The normalized spacial score (nSPS) is 14.7. The zero-order chi connectivity index (χ0) is 24.5. The van der Waals surface area contributed by atoms with Gasteiger partial charge in [0.2, 0.25) is 17.6 Å². The first-order valence-corrected chi connectivity index (χ1v) is 10.7. The second-order valence-electron chi connectivity index (χ2n) is 7.64. The van der Waals surface area contributed by atoms with E-state index in [9.17, 15) is 10.1 Å². The summed E-state index contributed by atoms with van der Waals surface area (Å²) in [4.78, 5) is 24.9. The van der Waals surface area contributed by atoms with E-state index in [1.54, 1.807) is 48.0 Å². The SMILES string of the molecule is CCOC(=O)c1nccn1-c1ccc(C2C(C#N)=C(N)Oc3c2c(-c2cnccn2)nn3C)cc1. The van der Waals surface area contributed by atoms with Crippen LogP contribution in [0.3, 0.4) is 0 Å². The predicted molar refractivity (Wildman–Crippen MR) is 123 cm³/mol. The van der Waals surface area contributed by atoms with E-state index >= 15 is 0 Å². The van der Waals surface area contributed by atoms with E-state index in [0.717, 1.165) is 5.56 Å². The van der Waals surface area contributed by atoms with Crippen molar-refractivity contribution in [2.24, 2.45) is 12.8 Å². The Kier molecular flexibility index (Phi) is 5.46. The maximum Gasteiger partial charge on any atom is 0.374 e. The summed E-state index contributed by atoms with van der Waals surface area (Å²) < 4.78 is 14.1. The number of ether oxygens (including phenoxy) is 2. The smallest absolute Gasteiger partial charge is 0.374 e. The Morgan fingerprint density at radius 2 is 2.03 bits per heavy atom. The summed E-state index contributed by atoms with van der Waals surface area (Å²) in [6.45, 7) is 1.99. The molecule has 0 bridgehead atoms. The van der Waals surface area contributed by atoms with Crippen LogP contribution in [0.4, 0.5) is 0 Å². The highest BCUT2D eigenvalue weighted by molar-refractivity contribution is 5.86. The fourth-order valence-corrected chi connectivity index (χ4v) is 4.10. The maximum absolute atomic E-state index is 12.2. The molecule has 1 atom stereocenters. The van der Waals surface area contributed by atoms with E-state index in [1.165, 1.54) is 6.20 Å². The molecule has 0 spiro atoms. The molecule has 2 N–H and O–H groups in total. The number of nitriles is 1.